The van der Waals surface area contributed by atoms with Crippen LogP contribution in [0, 0.1) is 17.8 Å². The highest BCUT2D eigenvalue weighted by molar-refractivity contribution is 6.31. The smallest absolute Gasteiger partial charge is 0.261 e. The molecule has 1 heterocycles. The molecule has 5 nitrogen and oxygen atoms in total. The first kappa shape index (κ1) is 16.3. The minimum absolute atomic E-state index is 0.00996. The zero-order valence-corrected chi connectivity index (χ0v) is 15.3. The molecule has 0 aliphatic heterocycles. The fourth-order valence-corrected chi connectivity index (χ4v) is 6.17. The third kappa shape index (κ3) is 2.73. The van der Waals surface area contributed by atoms with Crippen molar-refractivity contribution < 1.29 is 4.79 Å². The Hall–Kier alpha value is -1.88. The lowest BCUT2D eigenvalue weighted by Crippen LogP contribution is -2.60. The second kappa shape index (κ2) is 5.81. The summed E-state index contributed by atoms with van der Waals surface area (Å²) in [5, 5.41) is 4.25. The lowest BCUT2D eigenvalue weighted by molar-refractivity contribution is -0.127. The quantitative estimate of drug-likeness (QED) is 0.901. The molecule has 26 heavy (non-hydrogen) atoms. The number of hydrogen-bond acceptors (Lipinski definition) is 3. The Morgan fingerprint density at radius 3 is 2.50 bits per heavy atom. The number of hydrogen-bond donors (Lipinski definition) is 1. The summed E-state index contributed by atoms with van der Waals surface area (Å²) in [6.45, 7) is 0.00996. The van der Waals surface area contributed by atoms with Gasteiger partial charge in [0.25, 0.3) is 5.56 Å². The monoisotopic (exact) mass is 371 g/mol. The minimum atomic E-state index is -0.224. The Labute approximate surface area is 156 Å². The average molecular weight is 372 g/mol. The highest BCUT2D eigenvalue weighted by Crippen LogP contribution is 2.55. The summed E-state index contributed by atoms with van der Waals surface area (Å²) in [6.07, 6.45) is 8.78. The predicted molar refractivity (Wildman–Crippen MR) is 100 cm³/mol. The summed E-state index contributed by atoms with van der Waals surface area (Å²) in [5.74, 6) is 2.23. The van der Waals surface area contributed by atoms with E-state index in [9.17, 15) is 9.59 Å². The van der Waals surface area contributed by atoms with Gasteiger partial charge in [0.05, 0.1) is 17.2 Å². The molecule has 0 saturated heterocycles. The zero-order chi connectivity index (χ0) is 17.9. The number of rotatable bonds is 3. The summed E-state index contributed by atoms with van der Waals surface area (Å²) in [7, 11) is 0. The molecular weight excluding hydrogens is 350 g/mol. The van der Waals surface area contributed by atoms with Crippen molar-refractivity contribution >= 4 is 28.4 Å². The number of carbonyl (C=O) groups is 1. The normalized spacial score (nSPS) is 32.1. The number of fused-ring (bicyclic) bond motifs is 1. The van der Waals surface area contributed by atoms with Crippen LogP contribution in [-0.4, -0.2) is 21.0 Å². The van der Waals surface area contributed by atoms with E-state index in [-0.39, 0.29) is 23.6 Å². The third-order valence-electron chi connectivity index (χ3n) is 6.54. The van der Waals surface area contributed by atoms with Gasteiger partial charge in [-0.1, -0.05) is 11.6 Å². The molecule has 0 atom stereocenters. The van der Waals surface area contributed by atoms with Crippen molar-refractivity contribution in [2.45, 2.75) is 50.6 Å². The lowest BCUT2D eigenvalue weighted by atomic mass is 9.53. The maximum Gasteiger partial charge on any atom is 0.261 e. The summed E-state index contributed by atoms with van der Waals surface area (Å²) in [6, 6.07) is 5.04. The zero-order valence-electron chi connectivity index (χ0n) is 14.6. The van der Waals surface area contributed by atoms with Gasteiger partial charge >= 0.3 is 0 Å². The molecule has 0 spiro atoms. The standard InChI is InChI=1S/C20H22ClN3O2/c21-15-1-2-17-16(6-15)19(26)24(11-22-17)10-18(25)23-20-7-12-3-13(8-20)5-14(4-12)9-20/h1-2,6,11-14H,3-5,7-10H2,(H,23,25). The number of aromatic nitrogens is 2. The fourth-order valence-electron chi connectivity index (χ4n) is 6.00. The average Bonchev–Trinajstić information content (AvgIpc) is 2.56. The van der Waals surface area contributed by atoms with Gasteiger partial charge < -0.3 is 5.32 Å². The summed E-state index contributed by atoms with van der Waals surface area (Å²) in [4.78, 5) is 29.7. The SMILES string of the molecule is O=C(Cn1cnc2ccc(Cl)cc2c1=O)NC12CC3CC(CC(C3)C1)C2. The summed E-state index contributed by atoms with van der Waals surface area (Å²) < 4.78 is 1.38. The van der Waals surface area contributed by atoms with E-state index in [0.29, 0.717) is 15.9 Å². The first-order valence-corrected chi connectivity index (χ1v) is 9.83. The Kier molecular flexibility index (Phi) is 3.64. The number of nitrogens with one attached hydrogen (secondary N) is 1. The molecule has 6 heteroatoms. The van der Waals surface area contributed by atoms with Crippen LogP contribution >= 0.6 is 11.6 Å². The van der Waals surface area contributed by atoms with Gasteiger partial charge in [-0.3, -0.25) is 14.2 Å². The lowest BCUT2D eigenvalue weighted by Gasteiger charge is -2.56. The van der Waals surface area contributed by atoms with Crippen molar-refractivity contribution in [1.29, 1.82) is 0 Å². The van der Waals surface area contributed by atoms with Crippen LogP contribution in [-0.2, 0) is 11.3 Å². The molecule has 4 fully saturated rings. The van der Waals surface area contributed by atoms with Crippen LogP contribution in [0.15, 0.2) is 29.3 Å². The molecule has 0 radical (unpaired) electrons. The fraction of sp³-hybridized carbons (Fsp3) is 0.550. The van der Waals surface area contributed by atoms with Crippen molar-refractivity contribution in [2.75, 3.05) is 0 Å². The summed E-state index contributed by atoms with van der Waals surface area (Å²) in [5.41, 5.74) is 0.332. The van der Waals surface area contributed by atoms with Crippen LogP contribution in [0.1, 0.15) is 38.5 Å². The molecule has 2 aromatic rings. The van der Waals surface area contributed by atoms with E-state index in [2.05, 4.69) is 10.3 Å². The first-order chi connectivity index (χ1) is 12.5. The Morgan fingerprint density at radius 1 is 1.19 bits per heavy atom. The van der Waals surface area contributed by atoms with E-state index >= 15 is 0 Å². The van der Waals surface area contributed by atoms with E-state index < -0.39 is 0 Å². The number of benzene rings is 1. The molecule has 1 aromatic heterocycles. The molecule has 1 aromatic carbocycles. The Morgan fingerprint density at radius 2 is 1.85 bits per heavy atom. The third-order valence-corrected chi connectivity index (χ3v) is 6.78. The van der Waals surface area contributed by atoms with Gasteiger partial charge in [-0.15, -0.1) is 0 Å². The molecule has 4 aliphatic carbocycles. The maximum absolute atomic E-state index is 12.7. The van der Waals surface area contributed by atoms with Gasteiger partial charge in [-0.25, -0.2) is 4.98 Å². The molecule has 1 N–H and O–H groups in total. The highest BCUT2D eigenvalue weighted by Gasteiger charge is 2.51. The van der Waals surface area contributed by atoms with Gasteiger partial charge in [0, 0.05) is 10.6 Å². The van der Waals surface area contributed by atoms with E-state index in [0.717, 1.165) is 37.0 Å². The predicted octanol–water partition coefficient (Wildman–Crippen LogP) is 3.13. The molecule has 1 amide bonds. The highest BCUT2D eigenvalue weighted by atomic mass is 35.5. The molecule has 136 valence electrons. The number of carbonyl (C=O) groups excluding carboxylic acids is 1. The van der Waals surface area contributed by atoms with Gasteiger partial charge in [0.1, 0.15) is 6.54 Å². The van der Waals surface area contributed by atoms with Crippen molar-refractivity contribution in [2.24, 2.45) is 17.8 Å². The van der Waals surface area contributed by atoms with E-state index in [1.54, 1.807) is 18.2 Å². The molecule has 0 unspecified atom stereocenters. The van der Waals surface area contributed by atoms with Crippen molar-refractivity contribution in [3.05, 3.63) is 39.9 Å². The van der Waals surface area contributed by atoms with Gasteiger partial charge in [-0.05, 0) is 74.5 Å². The second-order valence-electron chi connectivity index (χ2n) is 8.59. The van der Waals surface area contributed by atoms with E-state index in [4.69, 9.17) is 11.6 Å². The molecular formula is C20H22ClN3O2. The van der Waals surface area contributed by atoms with Crippen LogP contribution in [0.4, 0.5) is 0 Å². The van der Waals surface area contributed by atoms with Crippen molar-refractivity contribution in [3.8, 4) is 0 Å². The first-order valence-electron chi connectivity index (χ1n) is 9.45. The van der Waals surface area contributed by atoms with Crippen LogP contribution in [0.3, 0.4) is 0 Å². The van der Waals surface area contributed by atoms with Gasteiger partial charge in [0.2, 0.25) is 5.91 Å². The number of nitrogens with zero attached hydrogens (tertiary/aromatic N) is 2. The molecule has 4 aliphatic rings. The van der Waals surface area contributed by atoms with Gasteiger partial charge in [-0.2, -0.15) is 0 Å². The van der Waals surface area contributed by atoms with Crippen LogP contribution < -0.4 is 10.9 Å². The Balaban J connectivity index is 1.37. The minimum Gasteiger partial charge on any atom is -0.349 e. The van der Waals surface area contributed by atoms with Crippen LogP contribution in [0.5, 0.6) is 0 Å². The number of amides is 1. The van der Waals surface area contributed by atoms with Crippen LogP contribution in [0.2, 0.25) is 5.02 Å². The topological polar surface area (TPSA) is 64.0 Å². The largest absolute Gasteiger partial charge is 0.349 e. The maximum atomic E-state index is 12.7. The molecule has 4 saturated carbocycles. The van der Waals surface area contributed by atoms with E-state index in [1.807, 2.05) is 0 Å². The number of halogens is 1. The van der Waals surface area contributed by atoms with Crippen molar-refractivity contribution in [1.82, 2.24) is 14.9 Å². The summed E-state index contributed by atoms with van der Waals surface area (Å²) >= 11 is 6.00. The second-order valence-corrected chi connectivity index (χ2v) is 9.02. The molecule has 6 rings (SSSR count). The Bertz CT molecular complexity index is 916. The van der Waals surface area contributed by atoms with Crippen molar-refractivity contribution in [3.63, 3.8) is 0 Å². The molecule has 4 bridgehead atoms. The van der Waals surface area contributed by atoms with Gasteiger partial charge in [0.15, 0.2) is 0 Å². The van der Waals surface area contributed by atoms with E-state index in [1.165, 1.54) is 30.2 Å². The van der Waals surface area contributed by atoms with Crippen LogP contribution in [0.25, 0.3) is 10.9 Å².